The summed E-state index contributed by atoms with van der Waals surface area (Å²) >= 11 is 0. The molecule has 0 radical (unpaired) electrons. The van der Waals surface area contributed by atoms with Crippen molar-refractivity contribution < 1.29 is 75.5 Å². The summed E-state index contributed by atoms with van der Waals surface area (Å²) in [4.78, 5) is 0. The molecule has 0 unspecified atom stereocenters. The minimum absolute atomic E-state index is 0.824. The van der Waals surface area contributed by atoms with E-state index in [4.69, 9.17) is 0 Å². The number of hydrogen-bond acceptors (Lipinski definition) is 9. The molecule has 36 heteroatoms. The fourth-order valence-corrected chi connectivity index (χ4v) is 14.8. The molecular formula is F18N9P9. The highest BCUT2D eigenvalue weighted by Gasteiger charge is 2.41. The second kappa shape index (κ2) is 10.7. The highest BCUT2D eigenvalue weighted by molar-refractivity contribution is 7.78. The highest BCUT2D eigenvalue weighted by Crippen LogP contribution is 2.84. The van der Waals surface area contributed by atoms with Gasteiger partial charge in [0.2, 0.25) is 0 Å². The van der Waals surface area contributed by atoms with Gasteiger partial charge in [0.15, 0.2) is 0 Å². The van der Waals surface area contributed by atoms with E-state index in [0.29, 0.717) is 0 Å². The second-order valence-corrected chi connectivity index (χ2v) is 19.5. The molecule has 0 saturated heterocycles. The van der Waals surface area contributed by atoms with E-state index in [1.54, 1.807) is 0 Å². The van der Waals surface area contributed by atoms with Crippen LogP contribution in [0.2, 0.25) is 0 Å². The van der Waals surface area contributed by atoms with E-state index in [1.807, 2.05) is 0 Å². The van der Waals surface area contributed by atoms with Gasteiger partial charge in [0.05, 0.1) is 0 Å². The van der Waals surface area contributed by atoms with Crippen molar-refractivity contribution in [3.8, 4) is 0 Å². The van der Waals surface area contributed by atoms with Crippen LogP contribution in [0, 0.1) is 0 Å². The van der Waals surface area contributed by atoms with Crippen molar-refractivity contribution in [1.29, 1.82) is 0 Å². The summed E-state index contributed by atoms with van der Waals surface area (Å²) in [6, 6.07) is 0. The molecule has 0 aliphatic carbocycles. The topological polar surface area (TPSA) is 111 Å². The molecule has 36 heavy (non-hydrogen) atoms. The van der Waals surface area contributed by atoms with Gasteiger partial charge in [0, 0.05) is 0 Å². The van der Waals surface area contributed by atoms with Gasteiger partial charge in [-0.15, -0.1) is 116 Å². The Hall–Kier alpha value is 0.810. The van der Waals surface area contributed by atoms with Crippen LogP contribution in [0.4, 0.5) is 75.5 Å². The van der Waals surface area contributed by atoms with E-state index < -0.39 is 70.4 Å². The van der Waals surface area contributed by atoms with Crippen molar-refractivity contribution >= 4 is 70.4 Å². The average Bonchev–Trinajstić information content (AvgIpc) is 2.30. The minimum Gasteiger partial charge on any atom is -0.149 e. The van der Waals surface area contributed by atoms with Crippen molar-refractivity contribution in [3.63, 3.8) is 0 Å². The minimum atomic E-state index is -7.71. The van der Waals surface area contributed by atoms with Gasteiger partial charge in [-0.3, -0.25) is 0 Å². The molecule has 216 valence electrons. The van der Waals surface area contributed by atoms with Crippen molar-refractivity contribution in [2.24, 2.45) is 40.6 Å². The Labute approximate surface area is 187 Å². The molecular weight excluding hydrogens is 747 g/mol. The van der Waals surface area contributed by atoms with Crippen LogP contribution in [0.1, 0.15) is 0 Å². The van der Waals surface area contributed by atoms with Crippen molar-refractivity contribution in [3.05, 3.63) is 0 Å². The summed E-state index contributed by atoms with van der Waals surface area (Å²) in [5, 5.41) is 0. The van der Waals surface area contributed by atoms with E-state index in [2.05, 4.69) is 0 Å². The van der Waals surface area contributed by atoms with Crippen LogP contribution < -0.4 is 0 Å². The van der Waals surface area contributed by atoms with E-state index in [0.717, 1.165) is 40.6 Å². The van der Waals surface area contributed by atoms with Crippen molar-refractivity contribution in [2.45, 2.75) is 0 Å². The van der Waals surface area contributed by atoms with Crippen LogP contribution >= 0.6 is 70.4 Å². The van der Waals surface area contributed by atoms with Crippen molar-refractivity contribution in [2.75, 3.05) is 0 Å². The zero-order valence-electron chi connectivity index (χ0n) is 14.9. The molecule has 0 saturated carbocycles. The zero-order chi connectivity index (χ0) is 28.9. The first-order valence-electron chi connectivity index (χ1n) is 6.64. The molecule has 0 spiro atoms. The highest BCUT2D eigenvalue weighted by atomic mass is 31.3. The Morgan fingerprint density at radius 2 is 0.222 bits per heavy atom. The van der Waals surface area contributed by atoms with E-state index in [9.17, 15) is 75.5 Å². The van der Waals surface area contributed by atoms with E-state index in [1.165, 1.54) is 0 Å². The lowest BCUT2D eigenvalue weighted by molar-refractivity contribution is 0.687. The predicted molar refractivity (Wildman–Crippen MR) is 104 cm³/mol. The SMILES string of the molecule is FP1(F)=NP(F)(F)=NP(F)(F)=NP(F)(F)=NP(F)(F)=NP(F)(F)=NP(F)(F)=NP(F)(F)=NP(F)(F)=N1. The van der Waals surface area contributed by atoms with Crippen LogP contribution in [0.15, 0.2) is 40.6 Å². The van der Waals surface area contributed by atoms with Gasteiger partial charge in [-0.2, -0.15) is 0 Å². The van der Waals surface area contributed by atoms with Crippen LogP contribution in [0.25, 0.3) is 0 Å². The number of hydrogen-bond donors (Lipinski definition) is 0. The second-order valence-electron chi connectivity index (χ2n) is 4.91. The fourth-order valence-electron chi connectivity index (χ4n) is 1.33. The smallest absolute Gasteiger partial charge is 0.149 e. The summed E-state index contributed by atoms with van der Waals surface area (Å²) in [6.45, 7) is 0. The molecule has 1 aliphatic rings. The van der Waals surface area contributed by atoms with Gasteiger partial charge in [-0.1, -0.05) is 0 Å². The summed E-state index contributed by atoms with van der Waals surface area (Å²) < 4.78 is 248. The molecule has 0 N–H and O–H groups in total. The molecule has 0 atom stereocenters. The molecule has 0 fully saturated rings. The molecule has 1 rings (SSSR count). The number of rotatable bonds is 0. The third-order valence-electron chi connectivity index (χ3n) is 1.94. The largest absolute Gasteiger partial charge is 0.425 e. The maximum absolute atomic E-state index is 13.3. The first kappa shape index (κ1) is 34.8. The molecule has 1 heterocycles. The maximum Gasteiger partial charge on any atom is 0.425 e. The van der Waals surface area contributed by atoms with Gasteiger partial charge in [0.1, 0.15) is 0 Å². The predicted octanol–water partition coefficient (Wildman–Crippen LogP) is 17.0. The van der Waals surface area contributed by atoms with Gasteiger partial charge < -0.3 is 0 Å². The quantitative estimate of drug-likeness (QED) is 0.174. The third kappa shape index (κ3) is 13.2. The molecule has 0 amide bonds. The lowest BCUT2D eigenvalue weighted by atomic mass is 13.8. The number of nitrogens with zero attached hydrogens (tertiary/aromatic N) is 9. The average molecular weight is 747 g/mol. The molecule has 1 aliphatic heterocycles. The van der Waals surface area contributed by atoms with Gasteiger partial charge in [0.25, 0.3) is 0 Å². The Morgan fingerprint density at radius 3 is 0.278 bits per heavy atom. The lowest BCUT2D eigenvalue weighted by Crippen LogP contribution is -1.66. The normalized spacial score (nSPS) is 29.5. The van der Waals surface area contributed by atoms with E-state index >= 15 is 0 Å². The van der Waals surface area contributed by atoms with Crippen LogP contribution in [0.5, 0.6) is 0 Å². The molecule has 9 nitrogen and oxygen atoms in total. The van der Waals surface area contributed by atoms with E-state index in [-0.39, 0.29) is 0 Å². The van der Waals surface area contributed by atoms with Crippen LogP contribution in [-0.4, -0.2) is 0 Å². The van der Waals surface area contributed by atoms with Crippen LogP contribution in [-0.2, 0) is 0 Å². The third-order valence-corrected chi connectivity index (χ3v) is 17.4. The first-order valence-corrected chi connectivity index (χ1v) is 19.9. The standard InChI is InChI=1S/F18N9P9/c1-28(2)19-29(3,4)21-31(7,8)23-33(11,12)25-35(15,16)27-36(17,18)26-34(13,14)24-32(9,10)22-30(5,6)20-28. The molecule has 0 aromatic rings. The van der Waals surface area contributed by atoms with Gasteiger partial charge >= 0.3 is 70.4 Å². The van der Waals surface area contributed by atoms with Crippen molar-refractivity contribution in [1.82, 2.24) is 0 Å². The zero-order valence-corrected chi connectivity index (χ0v) is 22.9. The molecule has 0 aromatic carbocycles. The van der Waals surface area contributed by atoms with Gasteiger partial charge in [-0.05, 0) is 0 Å². The number of halogens is 18. The summed E-state index contributed by atoms with van der Waals surface area (Å²) in [5.41, 5.74) is 0. The van der Waals surface area contributed by atoms with Gasteiger partial charge in [-0.25, -0.2) is 0 Å². The fraction of sp³-hybridized carbons (Fsp3) is 0. The maximum atomic E-state index is 13.3. The molecule has 0 bridgehead atoms. The van der Waals surface area contributed by atoms with Crippen LogP contribution in [0.3, 0.4) is 0 Å². The monoisotopic (exact) mass is 747 g/mol. The Morgan fingerprint density at radius 1 is 0.167 bits per heavy atom. The summed E-state index contributed by atoms with van der Waals surface area (Å²) in [6.07, 6.45) is 0. The summed E-state index contributed by atoms with van der Waals surface area (Å²) in [5.74, 6) is 0. The Kier molecular flexibility index (Phi) is 10.3. The first-order chi connectivity index (χ1) is 15.4. The Balaban J connectivity index is 4.43. The molecule has 0 aromatic heterocycles. The lowest BCUT2D eigenvalue weighted by Gasteiger charge is -2.09. The summed E-state index contributed by atoms with van der Waals surface area (Å²) in [7, 11) is -69.4. The Bertz CT molecular complexity index is 995.